The highest BCUT2D eigenvalue weighted by atomic mass is 15.5. The minimum atomic E-state index is 0.727. The molecule has 4 heterocycles. The van der Waals surface area contributed by atoms with Crippen molar-refractivity contribution in [2.24, 2.45) is 0 Å². The minimum Gasteiger partial charge on any atom is -0.299 e. The van der Waals surface area contributed by atoms with Crippen molar-refractivity contribution in [1.29, 1.82) is 0 Å². The number of hydrogen-bond acceptors (Lipinski definition) is 4. The summed E-state index contributed by atoms with van der Waals surface area (Å²) in [5.74, 6) is 0. The van der Waals surface area contributed by atoms with Gasteiger partial charge in [0.2, 0.25) is 0 Å². The summed E-state index contributed by atoms with van der Waals surface area (Å²) in [4.78, 5) is 7.56. The summed E-state index contributed by atoms with van der Waals surface area (Å²) in [5, 5.41) is 3.55. The van der Waals surface area contributed by atoms with Crippen molar-refractivity contribution in [3.63, 3.8) is 0 Å². The molecule has 68 valence electrons. The molecule has 2 unspecified atom stereocenters. The van der Waals surface area contributed by atoms with E-state index in [1.807, 2.05) is 0 Å². The van der Waals surface area contributed by atoms with Gasteiger partial charge in [-0.1, -0.05) is 0 Å². The van der Waals surface area contributed by atoms with Crippen LogP contribution in [-0.2, 0) is 0 Å². The molecule has 1 N–H and O–H groups in total. The lowest BCUT2D eigenvalue weighted by Gasteiger charge is -2.43. The molecule has 4 aliphatic heterocycles. The fourth-order valence-electron chi connectivity index (χ4n) is 2.37. The molecule has 4 saturated heterocycles. The number of fused-ring (bicyclic) bond motifs is 1. The quantitative estimate of drug-likeness (QED) is 0.488. The van der Waals surface area contributed by atoms with E-state index in [2.05, 4.69) is 20.0 Å². The van der Waals surface area contributed by atoms with Gasteiger partial charge in [-0.2, -0.15) is 0 Å². The van der Waals surface area contributed by atoms with Gasteiger partial charge in [-0.25, -0.2) is 0 Å². The molecule has 0 aliphatic carbocycles. The molecule has 0 aromatic carbocycles. The first-order valence-electron chi connectivity index (χ1n) is 4.80. The van der Waals surface area contributed by atoms with Crippen LogP contribution in [0.15, 0.2) is 0 Å². The van der Waals surface area contributed by atoms with Crippen LogP contribution >= 0.6 is 0 Å². The van der Waals surface area contributed by atoms with E-state index in [0.29, 0.717) is 0 Å². The van der Waals surface area contributed by atoms with Crippen LogP contribution in [-0.4, -0.2) is 66.9 Å². The molecule has 4 nitrogen and oxygen atoms in total. The highest BCUT2D eigenvalue weighted by Crippen LogP contribution is 2.14. The second kappa shape index (κ2) is 2.67. The van der Waals surface area contributed by atoms with E-state index in [1.165, 1.54) is 39.5 Å². The summed E-state index contributed by atoms with van der Waals surface area (Å²) < 4.78 is 0. The molecule has 4 heteroatoms. The third kappa shape index (κ3) is 1.15. The van der Waals surface area contributed by atoms with Gasteiger partial charge in [0.25, 0.3) is 0 Å². The average Bonchev–Trinajstić information content (AvgIpc) is 2.47. The van der Waals surface area contributed by atoms with E-state index in [0.717, 1.165) is 12.7 Å². The maximum Gasteiger partial charge on any atom is 0.0531 e. The zero-order chi connectivity index (χ0) is 7.97. The molecule has 4 rings (SSSR count). The fourth-order valence-corrected chi connectivity index (χ4v) is 2.37. The van der Waals surface area contributed by atoms with Crippen molar-refractivity contribution in [2.45, 2.75) is 6.04 Å². The van der Waals surface area contributed by atoms with Gasteiger partial charge < -0.3 is 0 Å². The molecule has 12 heavy (non-hydrogen) atoms. The fraction of sp³-hybridized carbons (Fsp3) is 1.00. The topological polar surface area (TPSA) is 21.8 Å². The Kier molecular flexibility index (Phi) is 1.61. The molecule has 0 saturated carbocycles. The summed E-state index contributed by atoms with van der Waals surface area (Å²) in [5.41, 5.74) is 0. The minimum absolute atomic E-state index is 0.727. The Bertz CT molecular complexity index is 178. The Morgan fingerprint density at radius 3 is 2.58 bits per heavy atom. The number of hydrogen-bond donors (Lipinski definition) is 1. The lowest BCUT2D eigenvalue weighted by molar-refractivity contribution is -0.0323. The Balaban J connectivity index is 1.71. The van der Waals surface area contributed by atoms with Crippen LogP contribution < -0.4 is 5.32 Å². The van der Waals surface area contributed by atoms with E-state index in [4.69, 9.17) is 0 Å². The zero-order valence-corrected chi connectivity index (χ0v) is 7.37. The third-order valence-corrected chi connectivity index (χ3v) is 3.09. The molecule has 4 bridgehead atoms. The average molecular weight is 168 g/mol. The van der Waals surface area contributed by atoms with E-state index >= 15 is 0 Å². The maximum atomic E-state index is 3.55. The standard InChI is InChI=1S/C8H16N4/c1-2-11-6-12(7-11)4-8-3-10(1)5-9-8/h8-9H,1-7H2. The van der Waals surface area contributed by atoms with Gasteiger partial charge >= 0.3 is 0 Å². The van der Waals surface area contributed by atoms with Crippen LogP contribution in [0.4, 0.5) is 0 Å². The largest absolute Gasteiger partial charge is 0.299 e. The van der Waals surface area contributed by atoms with Crippen LogP contribution in [0.25, 0.3) is 0 Å². The zero-order valence-electron chi connectivity index (χ0n) is 7.37. The summed E-state index contributed by atoms with van der Waals surface area (Å²) in [6, 6.07) is 0.727. The van der Waals surface area contributed by atoms with E-state index in [1.54, 1.807) is 0 Å². The Morgan fingerprint density at radius 1 is 0.917 bits per heavy atom. The SMILES string of the molecule is C1CN2CN(CC3CN1CN3)C2. The normalized spacial score (nSPS) is 52.0. The van der Waals surface area contributed by atoms with Crippen LogP contribution in [0.5, 0.6) is 0 Å². The van der Waals surface area contributed by atoms with Crippen molar-refractivity contribution in [3.05, 3.63) is 0 Å². The molecule has 4 aliphatic rings. The van der Waals surface area contributed by atoms with Gasteiger partial charge in [-0.05, 0) is 0 Å². The molecule has 4 fully saturated rings. The van der Waals surface area contributed by atoms with Crippen molar-refractivity contribution in [3.8, 4) is 0 Å². The van der Waals surface area contributed by atoms with Gasteiger partial charge in [0.1, 0.15) is 0 Å². The van der Waals surface area contributed by atoms with Crippen LogP contribution in [0, 0.1) is 0 Å². The molecular weight excluding hydrogens is 152 g/mol. The summed E-state index contributed by atoms with van der Waals surface area (Å²) in [6.07, 6.45) is 0. The first kappa shape index (κ1) is 7.26. The number of rotatable bonds is 0. The molecule has 0 spiro atoms. The summed E-state index contributed by atoms with van der Waals surface area (Å²) in [7, 11) is 0. The first-order valence-corrected chi connectivity index (χ1v) is 4.80. The van der Waals surface area contributed by atoms with Gasteiger partial charge in [0.05, 0.1) is 13.3 Å². The van der Waals surface area contributed by atoms with Crippen molar-refractivity contribution in [1.82, 2.24) is 20.0 Å². The molecular formula is C8H16N4. The second-order valence-corrected chi connectivity index (χ2v) is 4.17. The van der Waals surface area contributed by atoms with Gasteiger partial charge in [-0.15, -0.1) is 0 Å². The predicted molar refractivity (Wildman–Crippen MR) is 46.5 cm³/mol. The molecule has 0 radical (unpaired) electrons. The maximum absolute atomic E-state index is 3.55. The van der Waals surface area contributed by atoms with Gasteiger partial charge in [-0.3, -0.25) is 20.0 Å². The van der Waals surface area contributed by atoms with Gasteiger partial charge in [0.15, 0.2) is 0 Å². The van der Waals surface area contributed by atoms with Crippen LogP contribution in [0.1, 0.15) is 0 Å². The highest BCUT2D eigenvalue weighted by molar-refractivity contribution is 4.87. The van der Waals surface area contributed by atoms with Gasteiger partial charge in [0, 0.05) is 38.9 Å². The van der Waals surface area contributed by atoms with E-state index in [-0.39, 0.29) is 0 Å². The number of nitrogens with one attached hydrogen (secondary N) is 1. The summed E-state index contributed by atoms with van der Waals surface area (Å²) >= 11 is 0. The van der Waals surface area contributed by atoms with Crippen LogP contribution in [0.3, 0.4) is 0 Å². The summed E-state index contributed by atoms with van der Waals surface area (Å²) in [6.45, 7) is 8.50. The monoisotopic (exact) mass is 168 g/mol. The van der Waals surface area contributed by atoms with Crippen LogP contribution in [0.2, 0.25) is 0 Å². The first-order chi connectivity index (χ1) is 5.90. The lowest BCUT2D eigenvalue weighted by atomic mass is 10.3. The molecule has 0 aromatic heterocycles. The third-order valence-electron chi connectivity index (χ3n) is 3.09. The molecule has 2 atom stereocenters. The van der Waals surface area contributed by atoms with E-state index in [9.17, 15) is 0 Å². The Morgan fingerprint density at radius 2 is 1.67 bits per heavy atom. The lowest BCUT2D eigenvalue weighted by Crippen LogP contribution is -2.58. The van der Waals surface area contributed by atoms with E-state index < -0.39 is 0 Å². The highest BCUT2D eigenvalue weighted by Gasteiger charge is 2.32. The van der Waals surface area contributed by atoms with Crippen molar-refractivity contribution >= 4 is 0 Å². The van der Waals surface area contributed by atoms with Crippen molar-refractivity contribution < 1.29 is 0 Å². The second-order valence-electron chi connectivity index (χ2n) is 4.17. The Labute approximate surface area is 73.1 Å². The smallest absolute Gasteiger partial charge is 0.0531 e. The Hall–Kier alpha value is -0.160. The molecule has 0 aromatic rings. The van der Waals surface area contributed by atoms with Crippen molar-refractivity contribution in [2.75, 3.05) is 46.2 Å². The predicted octanol–water partition coefficient (Wildman–Crippen LogP) is -1.24. The molecule has 0 amide bonds. The number of nitrogens with zero attached hydrogens (tertiary/aromatic N) is 3.